The second-order valence-electron chi connectivity index (χ2n) is 8.43. The van der Waals surface area contributed by atoms with Crippen molar-refractivity contribution in [3.8, 4) is 5.69 Å². The van der Waals surface area contributed by atoms with E-state index < -0.39 is 11.7 Å². The minimum atomic E-state index is -4.47. The zero-order valence-electron chi connectivity index (χ0n) is 18.7. The van der Waals surface area contributed by atoms with E-state index in [0.717, 1.165) is 23.4 Å². The van der Waals surface area contributed by atoms with Crippen LogP contribution in [0.5, 0.6) is 0 Å². The van der Waals surface area contributed by atoms with Gasteiger partial charge in [0.05, 0.1) is 22.8 Å². The lowest BCUT2D eigenvalue weighted by molar-refractivity contribution is -0.137. The number of rotatable bonds is 4. The summed E-state index contributed by atoms with van der Waals surface area (Å²) in [4.78, 5) is 30.6. The Kier molecular flexibility index (Phi) is 5.64. The van der Waals surface area contributed by atoms with Gasteiger partial charge in [0.25, 0.3) is 11.5 Å². The van der Waals surface area contributed by atoms with Gasteiger partial charge in [0.15, 0.2) is 0 Å². The molecule has 2 aromatic carbocycles. The van der Waals surface area contributed by atoms with Crippen molar-refractivity contribution in [2.24, 2.45) is 0 Å². The molecule has 2 N–H and O–H groups in total. The molecular weight excluding hydrogens is 457 g/mol. The van der Waals surface area contributed by atoms with Crippen LogP contribution < -0.4 is 16.2 Å². The molecule has 3 heterocycles. The van der Waals surface area contributed by atoms with Gasteiger partial charge in [0.2, 0.25) is 0 Å². The van der Waals surface area contributed by atoms with E-state index in [1.165, 1.54) is 16.7 Å². The molecule has 0 saturated carbocycles. The van der Waals surface area contributed by atoms with Crippen molar-refractivity contribution in [1.29, 1.82) is 0 Å². The van der Waals surface area contributed by atoms with Gasteiger partial charge in [-0.25, -0.2) is 0 Å². The van der Waals surface area contributed by atoms with Crippen LogP contribution in [0.15, 0.2) is 71.7 Å². The van der Waals surface area contributed by atoms with Crippen LogP contribution in [-0.2, 0) is 19.3 Å². The standard InChI is InChI=1S/C26H21F3N4O2/c1-15(22-4-2-3-11-31-22)32-24(34)16-5-10-23-19(12-16)20-13-30-14-21(20)25(35)33(23)18-8-6-17(7-9-18)26(27,28)29/h2-12,15,30H,13-14H2,1H3,(H,32,34)/t15-/m0/s1. The quantitative estimate of drug-likeness (QED) is 0.453. The highest BCUT2D eigenvalue weighted by Crippen LogP contribution is 2.31. The average molecular weight is 478 g/mol. The van der Waals surface area contributed by atoms with Crippen LogP contribution in [-0.4, -0.2) is 15.5 Å². The third-order valence-corrected chi connectivity index (χ3v) is 6.19. The van der Waals surface area contributed by atoms with E-state index in [1.54, 1.807) is 30.5 Å². The number of amides is 1. The Morgan fingerprint density at radius 1 is 1.06 bits per heavy atom. The molecule has 0 spiro atoms. The fourth-order valence-corrected chi connectivity index (χ4v) is 4.39. The molecule has 5 rings (SSSR count). The normalized spacial score (nSPS) is 14.1. The predicted octanol–water partition coefficient (Wildman–Crippen LogP) is 4.50. The highest BCUT2D eigenvalue weighted by atomic mass is 19.4. The summed E-state index contributed by atoms with van der Waals surface area (Å²) in [7, 11) is 0. The summed E-state index contributed by atoms with van der Waals surface area (Å²) in [5, 5.41) is 6.79. The van der Waals surface area contributed by atoms with Gasteiger partial charge in [0, 0.05) is 41.5 Å². The fraction of sp³-hybridized carbons (Fsp3) is 0.192. The molecule has 4 aromatic rings. The number of alkyl halides is 3. The first-order chi connectivity index (χ1) is 16.7. The first-order valence-electron chi connectivity index (χ1n) is 11.0. The zero-order valence-corrected chi connectivity index (χ0v) is 18.7. The Balaban J connectivity index is 1.58. The first kappa shape index (κ1) is 22.8. The van der Waals surface area contributed by atoms with Crippen LogP contribution in [0.25, 0.3) is 16.6 Å². The summed E-state index contributed by atoms with van der Waals surface area (Å²) in [5.74, 6) is -0.294. The molecular formula is C26H21F3N4O2. The Bertz CT molecular complexity index is 1480. The Labute approximate surface area is 198 Å². The number of hydrogen-bond donors (Lipinski definition) is 2. The molecule has 1 aliphatic heterocycles. The summed E-state index contributed by atoms with van der Waals surface area (Å²) >= 11 is 0. The Morgan fingerprint density at radius 3 is 2.49 bits per heavy atom. The molecule has 35 heavy (non-hydrogen) atoms. The first-order valence-corrected chi connectivity index (χ1v) is 11.0. The molecule has 0 saturated heterocycles. The summed E-state index contributed by atoms with van der Waals surface area (Å²) in [5.41, 5.74) is 2.23. The third-order valence-electron chi connectivity index (χ3n) is 6.19. The molecule has 1 atom stereocenters. The second kappa shape index (κ2) is 8.66. The maximum Gasteiger partial charge on any atom is 0.416 e. The number of nitrogens with zero attached hydrogens (tertiary/aromatic N) is 2. The lowest BCUT2D eigenvalue weighted by Crippen LogP contribution is -2.27. The topological polar surface area (TPSA) is 76.0 Å². The van der Waals surface area contributed by atoms with E-state index in [-0.39, 0.29) is 17.5 Å². The fourth-order valence-electron chi connectivity index (χ4n) is 4.39. The minimum Gasteiger partial charge on any atom is -0.344 e. The molecule has 0 bridgehead atoms. The lowest BCUT2D eigenvalue weighted by atomic mass is 10.0. The molecule has 0 aliphatic carbocycles. The van der Waals surface area contributed by atoms with Crippen molar-refractivity contribution in [2.45, 2.75) is 32.2 Å². The number of carbonyl (C=O) groups is 1. The van der Waals surface area contributed by atoms with E-state index in [1.807, 2.05) is 19.1 Å². The third kappa shape index (κ3) is 4.19. The molecule has 1 aliphatic rings. The number of aromatic nitrogens is 2. The highest BCUT2D eigenvalue weighted by Gasteiger charge is 2.30. The second-order valence-corrected chi connectivity index (χ2v) is 8.43. The van der Waals surface area contributed by atoms with Crippen molar-refractivity contribution in [3.63, 3.8) is 0 Å². The van der Waals surface area contributed by atoms with Gasteiger partial charge in [-0.2, -0.15) is 13.2 Å². The summed E-state index contributed by atoms with van der Waals surface area (Å²) in [6.45, 7) is 2.65. The molecule has 6 nitrogen and oxygen atoms in total. The van der Waals surface area contributed by atoms with E-state index in [0.29, 0.717) is 40.8 Å². The molecule has 178 valence electrons. The van der Waals surface area contributed by atoms with Crippen molar-refractivity contribution in [2.75, 3.05) is 0 Å². The summed E-state index contributed by atoms with van der Waals surface area (Å²) < 4.78 is 40.5. The van der Waals surface area contributed by atoms with Crippen LogP contribution in [0.2, 0.25) is 0 Å². The van der Waals surface area contributed by atoms with E-state index in [2.05, 4.69) is 15.6 Å². The van der Waals surface area contributed by atoms with Gasteiger partial charge >= 0.3 is 6.18 Å². The highest BCUT2D eigenvalue weighted by molar-refractivity contribution is 5.99. The summed E-state index contributed by atoms with van der Waals surface area (Å²) in [6.07, 6.45) is -2.81. The lowest BCUT2D eigenvalue weighted by Gasteiger charge is -2.17. The molecule has 9 heteroatoms. The number of fused-ring (bicyclic) bond motifs is 3. The van der Waals surface area contributed by atoms with Crippen LogP contribution in [0, 0.1) is 0 Å². The van der Waals surface area contributed by atoms with Gasteiger partial charge in [-0.1, -0.05) is 6.07 Å². The van der Waals surface area contributed by atoms with Gasteiger partial charge < -0.3 is 10.6 Å². The maximum atomic E-state index is 13.3. The van der Waals surface area contributed by atoms with Gasteiger partial charge in [-0.05, 0) is 67.1 Å². The maximum absolute atomic E-state index is 13.3. The monoisotopic (exact) mass is 478 g/mol. The number of halogens is 3. The largest absolute Gasteiger partial charge is 0.416 e. The number of benzene rings is 2. The average Bonchev–Trinajstić information content (AvgIpc) is 3.35. The Hall–Kier alpha value is -3.98. The Morgan fingerprint density at radius 2 is 1.80 bits per heavy atom. The molecule has 0 radical (unpaired) electrons. The number of carbonyl (C=O) groups excluding carboxylic acids is 1. The number of pyridine rings is 2. The van der Waals surface area contributed by atoms with Crippen LogP contribution >= 0.6 is 0 Å². The van der Waals surface area contributed by atoms with Gasteiger partial charge in [-0.15, -0.1) is 0 Å². The van der Waals surface area contributed by atoms with Crippen molar-refractivity contribution in [1.82, 2.24) is 20.2 Å². The van der Waals surface area contributed by atoms with E-state index in [4.69, 9.17) is 0 Å². The van der Waals surface area contributed by atoms with Gasteiger partial charge in [0.1, 0.15) is 0 Å². The SMILES string of the molecule is C[C@H](NC(=O)c1ccc2c(c1)c1c(c(=O)n2-c2ccc(C(F)(F)F)cc2)CNC1)c1ccccn1. The van der Waals surface area contributed by atoms with Crippen LogP contribution in [0.3, 0.4) is 0 Å². The van der Waals surface area contributed by atoms with Crippen LogP contribution in [0.1, 0.15) is 45.7 Å². The minimum absolute atomic E-state index is 0.293. The van der Waals surface area contributed by atoms with Crippen molar-refractivity contribution < 1.29 is 18.0 Å². The predicted molar refractivity (Wildman–Crippen MR) is 125 cm³/mol. The molecule has 2 aromatic heterocycles. The van der Waals surface area contributed by atoms with Crippen molar-refractivity contribution in [3.05, 3.63) is 105 Å². The molecule has 0 unspecified atom stereocenters. The summed E-state index contributed by atoms with van der Waals surface area (Å²) in [6, 6.07) is 14.6. The molecule has 0 fully saturated rings. The molecule has 1 amide bonds. The van der Waals surface area contributed by atoms with Crippen molar-refractivity contribution >= 4 is 16.8 Å². The van der Waals surface area contributed by atoms with Gasteiger partial charge in [-0.3, -0.25) is 19.1 Å². The number of hydrogen-bond acceptors (Lipinski definition) is 4. The van der Waals surface area contributed by atoms with Crippen LogP contribution in [0.4, 0.5) is 13.2 Å². The van der Waals surface area contributed by atoms with E-state index in [9.17, 15) is 22.8 Å². The zero-order chi connectivity index (χ0) is 24.7. The van der Waals surface area contributed by atoms with E-state index >= 15 is 0 Å². The smallest absolute Gasteiger partial charge is 0.344 e. The number of nitrogens with one attached hydrogen (secondary N) is 2.